The highest BCUT2D eigenvalue weighted by molar-refractivity contribution is 6.28. The Labute approximate surface area is 99.9 Å². The molecule has 88 valence electrons. The Balaban J connectivity index is 1.99. The van der Waals surface area contributed by atoms with Gasteiger partial charge in [-0.2, -0.15) is 0 Å². The van der Waals surface area contributed by atoms with Crippen LogP contribution in [-0.4, -0.2) is 28.0 Å². The van der Waals surface area contributed by atoms with Crippen molar-refractivity contribution < 1.29 is 4.74 Å². The van der Waals surface area contributed by atoms with Crippen LogP contribution < -0.4 is 0 Å². The van der Waals surface area contributed by atoms with Gasteiger partial charge in [0.2, 0.25) is 5.28 Å². The molecule has 0 radical (unpaired) electrons. The van der Waals surface area contributed by atoms with Crippen LogP contribution in [0.25, 0.3) is 0 Å². The molecule has 0 amide bonds. The standard InChI is InChI=1S/C11H16ClN3O/c1-11(5-2-6-16-7-11)15-9(8-3-4-8)13-14-10(15)12/h8H,2-7H2,1H3. The van der Waals surface area contributed by atoms with Gasteiger partial charge in [0.05, 0.1) is 12.1 Å². The molecular weight excluding hydrogens is 226 g/mol. The molecule has 0 spiro atoms. The molecule has 1 aromatic rings. The normalized spacial score (nSPS) is 30.6. The smallest absolute Gasteiger partial charge is 0.225 e. The van der Waals surface area contributed by atoms with Crippen LogP contribution in [0.5, 0.6) is 0 Å². The first-order chi connectivity index (χ1) is 7.71. The molecule has 1 aliphatic carbocycles. The highest BCUT2D eigenvalue weighted by Gasteiger charge is 2.38. The molecule has 0 aromatic carbocycles. The maximum Gasteiger partial charge on any atom is 0.225 e. The number of ether oxygens (including phenoxy) is 1. The molecule has 1 saturated carbocycles. The van der Waals surface area contributed by atoms with E-state index in [-0.39, 0.29) is 5.54 Å². The van der Waals surface area contributed by atoms with Crippen molar-refractivity contribution in [1.29, 1.82) is 0 Å². The second-order valence-electron chi connectivity index (χ2n) is 5.09. The summed E-state index contributed by atoms with van der Waals surface area (Å²) < 4.78 is 7.69. The van der Waals surface area contributed by atoms with E-state index < -0.39 is 0 Å². The van der Waals surface area contributed by atoms with Crippen molar-refractivity contribution in [2.45, 2.75) is 44.1 Å². The van der Waals surface area contributed by atoms with Crippen LogP contribution >= 0.6 is 11.6 Å². The van der Waals surface area contributed by atoms with Gasteiger partial charge in [-0.1, -0.05) is 0 Å². The predicted octanol–water partition coefficient (Wildman–Crippen LogP) is 2.33. The zero-order chi connectivity index (χ0) is 11.2. The fraction of sp³-hybridized carbons (Fsp3) is 0.818. The van der Waals surface area contributed by atoms with E-state index in [0.717, 1.165) is 25.3 Å². The number of hydrogen-bond donors (Lipinski definition) is 0. The molecule has 1 aromatic heterocycles. The van der Waals surface area contributed by atoms with Crippen LogP contribution in [0, 0.1) is 0 Å². The average Bonchev–Trinajstić information content (AvgIpc) is 3.03. The van der Waals surface area contributed by atoms with Crippen molar-refractivity contribution in [3.05, 3.63) is 11.1 Å². The van der Waals surface area contributed by atoms with Crippen molar-refractivity contribution in [3.63, 3.8) is 0 Å². The summed E-state index contributed by atoms with van der Waals surface area (Å²) in [6.07, 6.45) is 4.59. The van der Waals surface area contributed by atoms with Gasteiger partial charge in [-0.25, -0.2) is 0 Å². The summed E-state index contributed by atoms with van der Waals surface area (Å²) in [7, 11) is 0. The van der Waals surface area contributed by atoms with E-state index in [4.69, 9.17) is 16.3 Å². The third-order valence-electron chi connectivity index (χ3n) is 3.55. The molecule has 1 atom stereocenters. The monoisotopic (exact) mass is 241 g/mol. The molecule has 1 unspecified atom stereocenters. The molecular formula is C11H16ClN3O. The molecule has 4 nitrogen and oxygen atoms in total. The number of rotatable bonds is 2. The maximum atomic E-state index is 6.17. The van der Waals surface area contributed by atoms with Gasteiger partial charge in [0, 0.05) is 12.5 Å². The van der Waals surface area contributed by atoms with Crippen LogP contribution in [0.3, 0.4) is 0 Å². The van der Waals surface area contributed by atoms with E-state index in [1.165, 1.54) is 12.8 Å². The quantitative estimate of drug-likeness (QED) is 0.798. The van der Waals surface area contributed by atoms with Gasteiger partial charge in [-0.05, 0) is 44.2 Å². The molecule has 0 bridgehead atoms. The molecule has 2 heterocycles. The summed E-state index contributed by atoms with van der Waals surface area (Å²) >= 11 is 6.17. The Morgan fingerprint density at radius 3 is 2.88 bits per heavy atom. The van der Waals surface area contributed by atoms with Crippen molar-refractivity contribution in [2.75, 3.05) is 13.2 Å². The summed E-state index contributed by atoms with van der Waals surface area (Å²) in [5.74, 6) is 1.62. The van der Waals surface area contributed by atoms with Gasteiger partial charge < -0.3 is 4.74 Å². The first-order valence-electron chi connectivity index (χ1n) is 5.90. The average molecular weight is 242 g/mol. The molecule has 0 N–H and O–H groups in total. The highest BCUT2D eigenvalue weighted by Crippen LogP contribution is 2.42. The summed E-state index contributed by atoms with van der Waals surface area (Å²) in [5.41, 5.74) is -0.0588. The van der Waals surface area contributed by atoms with Crippen molar-refractivity contribution in [1.82, 2.24) is 14.8 Å². The van der Waals surface area contributed by atoms with Gasteiger partial charge >= 0.3 is 0 Å². The summed E-state index contributed by atoms with van der Waals surface area (Å²) in [4.78, 5) is 0. The van der Waals surface area contributed by atoms with Crippen molar-refractivity contribution in [2.24, 2.45) is 0 Å². The first kappa shape index (κ1) is 10.5. The van der Waals surface area contributed by atoms with Crippen molar-refractivity contribution >= 4 is 11.6 Å². The van der Waals surface area contributed by atoms with Gasteiger partial charge in [0.1, 0.15) is 5.82 Å². The number of hydrogen-bond acceptors (Lipinski definition) is 3. The Bertz CT molecular complexity index is 394. The van der Waals surface area contributed by atoms with Gasteiger partial charge in [0.15, 0.2) is 0 Å². The Hall–Kier alpha value is -0.610. The van der Waals surface area contributed by atoms with Crippen LogP contribution in [0.1, 0.15) is 44.3 Å². The molecule has 1 aliphatic heterocycles. The SMILES string of the molecule is CC1(n2c(Cl)nnc2C2CC2)CCCOC1. The Kier molecular flexibility index (Phi) is 2.44. The molecule has 16 heavy (non-hydrogen) atoms. The van der Waals surface area contributed by atoms with Crippen LogP contribution in [0.15, 0.2) is 0 Å². The minimum atomic E-state index is -0.0588. The van der Waals surface area contributed by atoms with E-state index in [0.29, 0.717) is 17.8 Å². The fourth-order valence-corrected chi connectivity index (χ4v) is 2.81. The predicted molar refractivity (Wildman–Crippen MR) is 60.7 cm³/mol. The third-order valence-corrected chi connectivity index (χ3v) is 3.79. The second kappa shape index (κ2) is 3.70. The third kappa shape index (κ3) is 1.64. The zero-order valence-electron chi connectivity index (χ0n) is 9.45. The number of halogens is 1. The van der Waals surface area contributed by atoms with Gasteiger partial charge in [-0.15, -0.1) is 10.2 Å². The van der Waals surface area contributed by atoms with Gasteiger partial charge in [-0.3, -0.25) is 4.57 Å². The summed E-state index contributed by atoms with van der Waals surface area (Å²) in [5, 5.41) is 8.75. The minimum absolute atomic E-state index is 0.0588. The van der Waals surface area contributed by atoms with E-state index in [2.05, 4.69) is 21.7 Å². The van der Waals surface area contributed by atoms with E-state index >= 15 is 0 Å². The molecule has 5 heteroatoms. The zero-order valence-corrected chi connectivity index (χ0v) is 10.2. The lowest BCUT2D eigenvalue weighted by atomic mass is 9.94. The molecule has 2 aliphatic rings. The Morgan fingerprint density at radius 1 is 1.44 bits per heavy atom. The fourth-order valence-electron chi connectivity index (χ4n) is 2.48. The minimum Gasteiger partial charge on any atom is -0.379 e. The van der Waals surface area contributed by atoms with Crippen LogP contribution in [-0.2, 0) is 10.3 Å². The molecule has 3 rings (SSSR count). The largest absolute Gasteiger partial charge is 0.379 e. The lowest BCUT2D eigenvalue weighted by Crippen LogP contribution is -2.40. The Morgan fingerprint density at radius 2 is 2.25 bits per heavy atom. The summed E-state index contributed by atoms with van der Waals surface area (Å²) in [6.45, 7) is 3.76. The lowest BCUT2D eigenvalue weighted by Gasteiger charge is -2.35. The van der Waals surface area contributed by atoms with Crippen LogP contribution in [0.2, 0.25) is 5.28 Å². The van der Waals surface area contributed by atoms with E-state index in [9.17, 15) is 0 Å². The highest BCUT2D eigenvalue weighted by atomic mass is 35.5. The van der Waals surface area contributed by atoms with Gasteiger partial charge in [0.25, 0.3) is 0 Å². The van der Waals surface area contributed by atoms with E-state index in [1.54, 1.807) is 0 Å². The van der Waals surface area contributed by atoms with Crippen LogP contribution in [0.4, 0.5) is 0 Å². The topological polar surface area (TPSA) is 39.9 Å². The lowest BCUT2D eigenvalue weighted by molar-refractivity contribution is 0.00816. The van der Waals surface area contributed by atoms with E-state index in [1.807, 2.05) is 0 Å². The number of aromatic nitrogens is 3. The maximum absolute atomic E-state index is 6.17. The number of nitrogens with zero attached hydrogens (tertiary/aromatic N) is 3. The van der Waals surface area contributed by atoms with Crippen molar-refractivity contribution in [3.8, 4) is 0 Å². The molecule has 1 saturated heterocycles. The summed E-state index contributed by atoms with van der Waals surface area (Å²) in [6, 6.07) is 0. The molecule has 2 fully saturated rings. The first-order valence-corrected chi connectivity index (χ1v) is 6.27. The second-order valence-corrected chi connectivity index (χ2v) is 5.43.